The number of rotatable bonds is 3. The third-order valence-corrected chi connectivity index (χ3v) is 4.80. The van der Waals surface area contributed by atoms with Gasteiger partial charge >= 0.3 is 6.36 Å². The molecule has 1 saturated heterocycles. The first-order chi connectivity index (χ1) is 12.0. The third-order valence-electron chi connectivity index (χ3n) is 4.80. The molecular weight excluding hydrogens is 349 g/mol. The highest BCUT2D eigenvalue weighted by Gasteiger charge is 2.57. The molecule has 0 spiro atoms. The SMILES string of the molecule is CC(C)(C)C(=O)N[C@H]1[C@@H]2CN(C(=O)c3ccc(OC(F)(F)F)cc3)C[C@@H]21. The van der Waals surface area contributed by atoms with E-state index in [0.29, 0.717) is 18.7 Å². The molecule has 3 atom stereocenters. The Morgan fingerprint density at radius 1 is 1.08 bits per heavy atom. The first-order valence-corrected chi connectivity index (χ1v) is 8.42. The number of halogens is 3. The lowest BCUT2D eigenvalue weighted by Crippen LogP contribution is -2.41. The summed E-state index contributed by atoms with van der Waals surface area (Å²) < 4.78 is 40.3. The Hall–Kier alpha value is -2.25. The molecule has 0 aromatic heterocycles. The average molecular weight is 370 g/mol. The summed E-state index contributed by atoms with van der Waals surface area (Å²) in [5, 5.41) is 3.02. The highest BCUT2D eigenvalue weighted by atomic mass is 19.4. The Bertz CT molecular complexity index is 698. The van der Waals surface area contributed by atoms with Crippen molar-refractivity contribution < 1.29 is 27.5 Å². The standard InChI is InChI=1S/C18H21F3N2O3/c1-17(2,3)16(25)22-14-12-8-23(9-13(12)14)15(24)10-4-6-11(7-5-10)26-18(19,20)21/h4-7,12-14H,8-9H2,1-3H3,(H,22,25)/t12-,13+,14+. The molecule has 1 heterocycles. The molecule has 26 heavy (non-hydrogen) atoms. The molecule has 8 heteroatoms. The normalized spacial score (nSPS) is 24.8. The van der Waals surface area contributed by atoms with Gasteiger partial charge in [0.05, 0.1) is 0 Å². The molecule has 3 rings (SSSR count). The Labute approximate surface area is 149 Å². The van der Waals surface area contributed by atoms with Gasteiger partial charge in [-0.15, -0.1) is 13.2 Å². The number of fused-ring (bicyclic) bond motifs is 1. The maximum Gasteiger partial charge on any atom is 0.573 e. The minimum Gasteiger partial charge on any atom is -0.406 e. The average Bonchev–Trinajstić information content (AvgIpc) is 2.96. The predicted octanol–water partition coefficient (Wildman–Crippen LogP) is 2.82. The summed E-state index contributed by atoms with van der Waals surface area (Å²) in [6.45, 7) is 6.63. The largest absolute Gasteiger partial charge is 0.573 e. The van der Waals surface area contributed by atoms with Gasteiger partial charge in [0.2, 0.25) is 5.91 Å². The molecule has 142 valence electrons. The molecule has 0 bridgehead atoms. The van der Waals surface area contributed by atoms with E-state index in [1.54, 1.807) is 4.90 Å². The Balaban J connectivity index is 1.53. The van der Waals surface area contributed by atoms with Crippen LogP contribution in [0.15, 0.2) is 24.3 Å². The van der Waals surface area contributed by atoms with Gasteiger partial charge in [0, 0.05) is 41.9 Å². The second-order valence-electron chi connectivity index (χ2n) is 7.86. The van der Waals surface area contributed by atoms with Crippen molar-refractivity contribution in [1.29, 1.82) is 0 Å². The summed E-state index contributed by atoms with van der Waals surface area (Å²) in [4.78, 5) is 26.2. The van der Waals surface area contributed by atoms with Crippen molar-refractivity contribution in [2.45, 2.75) is 33.2 Å². The quantitative estimate of drug-likeness (QED) is 0.890. The van der Waals surface area contributed by atoms with Crippen LogP contribution in [0.3, 0.4) is 0 Å². The van der Waals surface area contributed by atoms with E-state index >= 15 is 0 Å². The van der Waals surface area contributed by atoms with Crippen LogP contribution < -0.4 is 10.1 Å². The van der Waals surface area contributed by atoms with Crippen LogP contribution in [0, 0.1) is 17.3 Å². The molecule has 1 aromatic rings. The Kier molecular flexibility index (Phi) is 4.40. The second kappa shape index (κ2) is 6.17. The number of likely N-dealkylation sites (tertiary alicyclic amines) is 1. The molecule has 1 aromatic carbocycles. The molecule has 2 aliphatic rings. The van der Waals surface area contributed by atoms with Crippen LogP contribution in [0.25, 0.3) is 0 Å². The van der Waals surface area contributed by atoms with Gasteiger partial charge in [-0.2, -0.15) is 0 Å². The summed E-state index contributed by atoms with van der Waals surface area (Å²) in [6.07, 6.45) is -4.76. The summed E-state index contributed by atoms with van der Waals surface area (Å²) in [7, 11) is 0. The molecule has 1 N–H and O–H groups in total. The van der Waals surface area contributed by atoms with Crippen molar-refractivity contribution in [3.63, 3.8) is 0 Å². The van der Waals surface area contributed by atoms with E-state index in [2.05, 4.69) is 10.1 Å². The van der Waals surface area contributed by atoms with Gasteiger partial charge in [0.15, 0.2) is 0 Å². The van der Waals surface area contributed by atoms with Gasteiger partial charge in [-0.1, -0.05) is 20.8 Å². The number of nitrogens with zero attached hydrogens (tertiary/aromatic N) is 1. The van der Waals surface area contributed by atoms with E-state index in [4.69, 9.17) is 0 Å². The summed E-state index contributed by atoms with van der Waals surface area (Å²) in [6, 6.07) is 5.01. The first-order valence-electron chi connectivity index (χ1n) is 8.42. The number of piperidine rings is 1. The first kappa shape index (κ1) is 18.5. The van der Waals surface area contributed by atoms with Gasteiger partial charge in [0.1, 0.15) is 5.75 Å². The van der Waals surface area contributed by atoms with E-state index in [-0.39, 0.29) is 35.4 Å². The van der Waals surface area contributed by atoms with Crippen LogP contribution in [-0.4, -0.2) is 42.2 Å². The summed E-state index contributed by atoms with van der Waals surface area (Å²) in [5.74, 6) is -0.0915. The van der Waals surface area contributed by atoms with Crippen LogP contribution in [0.2, 0.25) is 0 Å². The monoisotopic (exact) mass is 370 g/mol. The number of carbonyl (C=O) groups is 2. The predicted molar refractivity (Wildman–Crippen MR) is 87.4 cm³/mol. The maximum absolute atomic E-state index is 12.5. The number of amides is 2. The fourth-order valence-corrected chi connectivity index (χ4v) is 3.26. The molecule has 2 fully saturated rings. The number of ether oxygens (including phenoxy) is 1. The molecule has 2 amide bonds. The molecule has 1 saturated carbocycles. The van der Waals surface area contributed by atoms with E-state index < -0.39 is 11.8 Å². The third kappa shape index (κ3) is 3.94. The lowest BCUT2D eigenvalue weighted by atomic mass is 9.95. The number of nitrogens with one attached hydrogen (secondary N) is 1. The van der Waals surface area contributed by atoms with Gasteiger partial charge in [-0.05, 0) is 24.3 Å². The molecule has 5 nitrogen and oxygen atoms in total. The van der Waals surface area contributed by atoms with Gasteiger partial charge < -0.3 is 15.0 Å². The number of benzene rings is 1. The Morgan fingerprint density at radius 2 is 1.62 bits per heavy atom. The van der Waals surface area contributed by atoms with Gasteiger partial charge in [-0.25, -0.2) is 0 Å². The minimum atomic E-state index is -4.76. The number of hydrogen-bond donors (Lipinski definition) is 1. The van der Waals surface area contributed by atoms with Crippen molar-refractivity contribution in [3.8, 4) is 5.75 Å². The van der Waals surface area contributed by atoms with Crippen molar-refractivity contribution in [1.82, 2.24) is 10.2 Å². The van der Waals surface area contributed by atoms with Crippen LogP contribution in [0.1, 0.15) is 31.1 Å². The van der Waals surface area contributed by atoms with Crippen molar-refractivity contribution >= 4 is 11.8 Å². The minimum absolute atomic E-state index is 0.00460. The van der Waals surface area contributed by atoms with Crippen LogP contribution in [0.5, 0.6) is 5.75 Å². The van der Waals surface area contributed by atoms with E-state index in [1.807, 2.05) is 20.8 Å². The van der Waals surface area contributed by atoms with Crippen molar-refractivity contribution in [2.24, 2.45) is 17.3 Å². The molecule has 1 aliphatic heterocycles. The number of alkyl halides is 3. The van der Waals surface area contributed by atoms with Crippen molar-refractivity contribution in [3.05, 3.63) is 29.8 Å². The molecular formula is C18H21F3N2O3. The highest BCUT2D eigenvalue weighted by Crippen LogP contribution is 2.46. The van der Waals surface area contributed by atoms with E-state index in [0.717, 1.165) is 12.1 Å². The molecule has 1 aliphatic carbocycles. The lowest BCUT2D eigenvalue weighted by Gasteiger charge is -2.23. The zero-order chi connectivity index (χ0) is 19.3. The van der Waals surface area contributed by atoms with E-state index in [1.165, 1.54) is 12.1 Å². The van der Waals surface area contributed by atoms with Crippen LogP contribution >= 0.6 is 0 Å². The second-order valence-corrected chi connectivity index (χ2v) is 7.86. The fourth-order valence-electron chi connectivity index (χ4n) is 3.26. The number of carbonyl (C=O) groups excluding carboxylic acids is 2. The lowest BCUT2D eigenvalue weighted by molar-refractivity contribution is -0.274. The smallest absolute Gasteiger partial charge is 0.406 e. The van der Waals surface area contributed by atoms with E-state index in [9.17, 15) is 22.8 Å². The fraction of sp³-hybridized carbons (Fsp3) is 0.556. The van der Waals surface area contributed by atoms with Gasteiger partial charge in [-0.3, -0.25) is 9.59 Å². The van der Waals surface area contributed by atoms with Crippen LogP contribution in [0.4, 0.5) is 13.2 Å². The zero-order valence-electron chi connectivity index (χ0n) is 14.8. The summed E-state index contributed by atoms with van der Waals surface area (Å²) >= 11 is 0. The number of hydrogen-bond acceptors (Lipinski definition) is 3. The highest BCUT2D eigenvalue weighted by molar-refractivity contribution is 5.94. The Morgan fingerprint density at radius 3 is 2.08 bits per heavy atom. The summed E-state index contributed by atoms with van der Waals surface area (Å²) in [5.41, 5.74) is -0.136. The topological polar surface area (TPSA) is 58.6 Å². The maximum atomic E-state index is 12.5. The van der Waals surface area contributed by atoms with Crippen molar-refractivity contribution in [2.75, 3.05) is 13.1 Å². The molecule has 0 radical (unpaired) electrons. The van der Waals surface area contributed by atoms with Crippen LogP contribution in [-0.2, 0) is 4.79 Å². The zero-order valence-corrected chi connectivity index (χ0v) is 14.8. The molecule has 0 unspecified atom stereocenters. The van der Waals surface area contributed by atoms with Gasteiger partial charge in [0.25, 0.3) is 5.91 Å².